The van der Waals surface area contributed by atoms with Gasteiger partial charge >= 0.3 is 0 Å². The minimum atomic E-state index is 0.395. The van der Waals surface area contributed by atoms with E-state index in [2.05, 4.69) is 37.6 Å². The molecule has 1 atom stereocenters. The molecule has 2 fully saturated rings. The van der Waals surface area contributed by atoms with E-state index in [9.17, 15) is 0 Å². The fraction of sp³-hybridized carbons (Fsp3) is 1.00. The van der Waals surface area contributed by atoms with E-state index in [0.717, 1.165) is 12.0 Å². The first kappa shape index (κ1) is 18.2. The first-order valence-corrected chi connectivity index (χ1v) is 9.62. The van der Waals surface area contributed by atoms with Gasteiger partial charge in [0.05, 0.1) is 12.2 Å². The van der Waals surface area contributed by atoms with Gasteiger partial charge in [0.15, 0.2) is 0 Å². The van der Waals surface area contributed by atoms with Crippen molar-refractivity contribution in [1.82, 2.24) is 9.80 Å². The van der Waals surface area contributed by atoms with Gasteiger partial charge in [-0.05, 0) is 72.4 Å². The average Bonchev–Trinajstić information content (AvgIpc) is 2.46. The summed E-state index contributed by atoms with van der Waals surface area (Å²) in [5, 5.41) is 0. The Balaban J connectivity index is 1.53. The first-order valence-electron chi connectivity index (χ1n) is 9.62. The van der Waals surface area contributed by atoms with Crippen LogP contribution in [0.15, 0.2) is 0 Å². The van der Waals surface area contributed by atoms with Crippen LogP contribution in [0, 0.1) is 5.92 Å². The van der Waals surface area contributed by atoms with Gasteiger partial charge in [-0.1, -0.05) is 12.8 Å². The summed E-state index contributed by atoms with van der Waals surface area (Å²) >= 11 is 0. The van der Waals surface area contributed by atoms with E-state index < -0.39 is 0 Å². The van der Waals surface area contributed by atoms with Crippen molar-refractivity contribution >= 4 is 0 Å². The molecule has 1 unspecified atom stereocenters. The molecule has 22 heavy (non-hydrogen) atoms. The Labute approximate surface area is 138 Å². The van der Waals surface area contributed by atoms with E-state index in [4.69, 9.17) is 4.74 Å². The van der Waals surface area contributed by atoms with Gasteiger partial charge in [-0.2, -0.15) is 0 Å². The lowest BCUT2D eigenvalue weighted by Gasteiger charge is -2.38. The summed E-state index contributed by atoms with van der Waals surface area (Å²) < 4.78 is 5.95. The average molecular weight is 311 g/mol. The molecule has 2 aliphatic rings. The Morgan fingerprint density at radius 2 is 1.77 bits per heavy atom. The minimum Gasteiger partial charge on any atom is -0.376 e. The van der Waals surface area contributed by atoms with Gasteiger partial charge in [0.25, 0.3) is 0 Å². The number of piperazine rings is 1. The highest BCUT2D eigenvalue weighted by Gasteiger charge is 2.23. The number of likely N-dealkylation sites (N-methyl/N-ethyl adjacent to an activating group) is 1. The molecule has 0 aromatic carbocycles. The smallest absolute Gasteiger partial charge is 0.0578 e. The second-order valence-corrected chi connectivity index (χ2v) is 7.97. The van der Waals surface area contributed by atoms with E-state index in [0.29, 0.717) is 12.2 Å². The first-order chi connectivity index (χ1) is 10.5. The molecule has 3 nitrogen and oxygen atoms in total. The van der Waals surface area contributed by atoms with Crippen molar-refractivity contribution in [1.29, 1.82) is 0 Å². The molecule has 0 spiro atoms. The van der Waals surface area contributed by atoms with Crippen LogP contribution in [0.1, 0.15) is 65.7 Å². The maximum atomic E-state index is 5.95. The highest BCUT2D eigenvalue weighted by Crippen LogP contribution is 2.30. The zero-order valence-corrected chi connectivity index (χ0v) is 15.4. The normalized spacial score (nSPS) is 31.8. The van der Waals surface area contributed by atoms with Crippen LogP contribution >= 0.6 is 0 Å². The lowest BCUT2D eigenvalue weighted by Crippen LogP contribution is -2.50. The number of hydrogen-bond donors (Lipinski definition) is 0. The molecule has 1 aliphatic heterocycles. The molecule has 0 aromatic heterocycles. The summed E-state index contributed by atoms with van der Waals surface area (Å²) in [5.74, 6) is 0.969. The maximum absolute atomic E-state index is 5.95. The number of ether oxygens (including phenoxy) is 1. The number of nitrogens with zero attached hydrogens (tertiary/aromatic N) is 2. The van der Waals surface area contributed by atoms with Crippen molar-refractivity contribution < 1.29 is 4.74 Å². The molecule has 3 heteroatoms. The molecule has 0 amide bonds. The molecule has 1 heterocycles. The number of hydrogen-bond acceptors (Lipinski definition) is 3. The van der Waals surface area contributed by atoms with Crippen molar-refractivity contribution in [2.24, 2.45) is 5.92 Å². The largest absolute Gasteiger partial charge is 0.376 e. The van der Waals surface area contributed by atoms with Crippen LogP contribution in [0.4, 0.5) is 0 Å². The summed E-state index contributed by atoms with van der Waals surface area (Å²) in [6.07, 6.45) is 10.5. The SMILES string of the molecule is CC(C)OC1CCC(CCCCN2CCN(C)CC2C)CC1. The third kappa shape index (κ3) is 6.17. The van der Waals surface area contributed by atoms with Crippen molar-refractivity contribution in [2.75, 3.05) is 33.2 Å². The topological polar surface area (TPSA) is 15.7 Å². The van der Waals surface area contributed by atoms with Gasteiger partial charge < -0.3 is 9.64 Å². The molecule has 130 valence electrons. The van der Waals surface area contributed by atoms with E-state index in [1.807, 2.05) is 0 Å². The van der Waals surface area contributed by atoms with Crippen molar-refractivity contribution in [2.45, 2.75) is 84.0 Å². The number of rotatable bonds is 7. The van der Waals surface area contributed by atoms with Gasteiger partial charge in [-0.3, -0.25) is 4.90 Å². The Hall–Kier alpha value is -0.120. The maximum Gasteiger partial charge on any atom is 0.0578 e. The third-order valence-corrected chi connectivity index (χ3v) is 5.53. The van der Waals surface area contributed by atoms with Gasteiger partial charge in [-0.25, -0.2) is 0 Å². The molecule has 0 bridgehead atoms. The van der Waals surface area contributed by atoms with Crippen molar-refractivity contribution in [3.63, 3.8) is 0 Å². The summed E-state index contributed by atoms with van der Waals surface area (Å²) in [6, 6.07) is 0.738. The van der Waals surface area contributed by atoms with E-state index in [-0.39, 0.29) is 0 Å². The summed E-state index contributed by atoms with van der Waals surface area (Å²) in [7, 11) is 2.24. The van der Waals surface area contributed by atoms with Gasteiger partial charge in [0, 0.05) is 25.7 Å². The van der Waals surface area contributed by atoms with Crippen LogP contribution in [0.5, 0.6) is 0 Å². The predicted molar refractivity (Wildman–Crippen MR) is 94.4 cm³/mol. The van der Waals surface area contributed by atoms with E-state index in [1.165, 1.54) is 71.1 Å². The Bertz CT molecular complexity index is 300. The standard InChI is InChI=1S/C19H38N2O/c1-16(2)22-19-10-8-18(9-11-19)7-5-6-12-21-14-13-20(4)15-17(21)3/h16-19H,5-15H2,1-4H3. The lowest BCUT2D eigenvalue weighted by atomic mass is 9.84. The van der Waals surface area contributed by atoms with Crippen LogP contribution in [-0.4, -0.2) is 61.3 Å². The molecule has 1 saturated carbocycles. The van der Waals surface area contributed by atoms with Crippen molar-refractivity contribution in [3.05, 3.63) is 0 Å². The van der Waals surface area contributed by atoms with Crippen LogP contribution in [-0.2, 0) is 4.74 Å². The Kier molecular flexibility index (Phi) is 7.66. The van der Waals surface area contributed by atoms with Crippen LogP contribution in [0.2, 0.25) is 0 Å². The Morgan fingerprint density at radius 1 is 1.05 bits per heavy atom. The highest BCUT2D eigenvalue weighted by atomic mass is 16.5. The predicted octanol–water partition coefficient (Wildman–Crippen LogP) is 3.78. The summed E-state index contributed by atoms with van der Waals surface area (Å²) in [4.78, 5) is 5.15. The monoisotopic (exact) mass is 310 g/mol. The fourth-order valence-corrected chi connectivity index (χ4v) is 4.20. The number of unbranched alkanes of at least 4 members (excludes halogenated alkanes) is 1. The van der Waals surface area contributed by atoms with Gasteiger partial charge in [-0.15, -0.1) is 0 Å². The lowest BCUT2D eigenvalue weighted by molar-refractivity contribution is -0.0204. The molecule has 0 radical (unpaired) electrons. The van der Waals surface area contributed by atoms with E-state index >= 15 is 0 Å². The Morgan fingerprint density at radius 3 is 2.41 bits per heavy atom. The second kappa shape index (κ2) is 9.24. The molecular weight excluding hydrogens is 272 g/mol. The van der Waals surface area contributed by atoms with Crippen LogP contribution in [0.3, 0.4) is 0 Å². The second-order valence-electron chi connectivity index (χ2n) is 7.97. The van der Waals surface area contributed by atoms with Gasteiger partial charge in [0.2, 0.25) is 0 Å². The zero-order valence-electron chi connectivity index (χ0n) is 15.4. The molecule has 2 rings (SSSR count). The van der Waals surface area contributed by atoms with Crippen LogP contribution < -0.4 is 0 Å². The quantitative estimate of drug-likeness (QED) is 0.666. The summed E-state index contributed by atoms with van der Waals surface area (Å²) in [5.41, 5.74) is 0. The van der Waals surface area contributed by atoms with Gasteiger partial charge in [0.1, 0.15) is 0 Å². The molecule has 0 aromatic rings. The highest BCUT2D eigenvalue weighted by molar-refractivity contribution is 4.78. The molecule has 0 N–H and O–H groups in total. The fourth-order valence-electron chi connectivity index (χ4n) is 4.20. The van der Waals surface area contributed by atoms with E-state index in [1.54, 1.807) is 0 Å². The molecule has 1 aliphatic carbocycles. The molecular formula is C19H38N2O. The third-order valence-electron chi connectivity index (χ3n) is 5.53. The van der Waals surface area contributed by atoms with Crippen LogP contribution in [0.25, 0.3) is 0 Å². The van der Waals surface area contributed by atoms with Crippen molar-refractivity contribution in [3.8, 4) is 0 Å². The molecule has 1 saturated heterocycles. The summed E-state index contributed by atoms with van der Waals surface area (Å²) in [6.45, 7) is 11.7. The zero-order chi connectivity index (χ0) is 15.9. The minimum absolute atomic E-state index is 0.395.